The molecule has 0 aromatic heterocycles. The van der Waals surface area contributed by atoms with Gasteiger partial charge in [0, 0.05) is 18.7 Å². The van der Waals surface area contributed by atoms with Crippen molar-refractivity contribution in [3.05, 3.63) is 125 Å². The zero-order valence-electron chi connectivity index (χ0n) is 20.2. The summed E-state index contributed by atoms with van der Waals surface area (Å²) in [5.74, 6) is -0.268. The molecule has 4 aromatic carbocycles. The standard InChI is InChI=1S/C29H25F3N2O3S/c30-29(31,32)23-12-8-13-24(19-23)38(36,37)34-20-22-11-4-5-14-25(22)26-15-6-7-16-27(26)28(35)33-18-17-21-9-2-1-3-10-21/h1-16,19,34H,17-18,20H2,(H,33,35). The molecule has 2 N–H and O–H groups in total. The number of alkyl halides is 3. The minimum Gasteiger partial charge on any atom is -0.352 e. The van der Waals surface area contributed by atoms with Crippen molar-refractivity contribution in [3.8, 4) is 11.1 Å². The highest BCUT2D eigenvalue weighted by atomic mass is 32.2. The van der Waals surface area contributed by atoms with Crippen LogP contribution in [0, 0.1) is 0 Å². The molecule has 1 amide bonds. The Morgan fingerprint density at radius 3 is 2.16 bits per heavy atom. The summed E-state index contributed by atoms with van der Waals surface area (Å²) in [6.07, 6.45) is -3.99. The molecule has 0 aliphatic heterocycles. The van der Waals surface area contributed by atoms with E-state index in [1.807, 2.05) is 30.3 Å². The van der Waals surface area contributed by atoms with Gasteiger partial charge in [0.25, 0.3) is 5.91 Å². The summed E-state index contributed by atoms with van der Waals surface area (Å²) >= 11 is 0. The van der Waals surface area contributed by atoms with Gasteiger partial charge in [0.1, 0.15) is 0 Å². The van der Waals surface area contributed by atoms with Crippen molar-refractivity contribution >= 4 is 15.9 Å². The average Bonchev–Trinajstić information content (AvgIpc) is 2.92. The number of carbonyl (C=O) groups excluding carboxylic acids is 1. The molecule has 0 heterocycles. The van der Waals surface area contributed by atoms with Gasteiger partial charge in [-0.2, -0.15) is 13.2 Å². The molecule has 4 aromatic rings. The summed E-state index contributed by atoms with van der Waals surface area (Å²) in [6, 6.07) is 27.3. The van der Waals surface area contributed by atoms with Crippen molar-refractivity contribution in [2.75, 3.05) is 6.54 Å². The van der Waals surface area contributed by atoms with Crippen molar-refractivity contribution in [2.45, 2.75) is 24.0 Å². The van der Waals surface area contributed by atoms with Crippen LogP contribution in [-0.4, -0.2) is 20.9 Å². The van der Waals surface area contributed by atoms with Gasteiger partial charge >= 0.3 is 6.18 Å². The van der Waals surface area contributed by atoms with E-state index < -0.39 is 26.7 Å². The number of benzene rings is 4. The summed E-state index contributed by atoms with van der Waals surface area (Å²) in [6.45, 7) is 0.258. The first-order chi connectivity index (χ1) is 18.1. The van der Waals surface area contributed by atoms with E-state index in [0.717, 1.165) is 23.8 Å². The smallest absolute Gasteiger partial charge is 0.352 e. The highest BCUT2D eigenvalue weighted by molar-refractivity contribution is 7.89. The fourth-order valence-electron chi connectivity index (χ4n) is 4.01. The highest BCUT2D eigenvalue weighted by Gasteiger charge is 2.31. The molecule has 196 valence electrons. The molecule has 0 spiro atoms. The van der Waals surface area contributed by atoms with Gasteiger partial charge in [-0.3, -0.25) is 4.79 Å². The Hall–Kier alpha value is -3.95. The average molecular weight is 539 g/mol. The second-order valence-electron chi connectivity index (χ2n) is 8.54. The van der Waals surface area contributed by atoms with Gasteiger partial charge in [0.05, 0.1) is 10.5 Å². The van der Waals surface area contributed by atoms with Gasteiger partial charge in [-0.1, -0.05) is 78.9 Å². The summed E-state index contributed by atoms with van der Waals surface area (Å²) < 4.78 is 67.2. The number of nitrogens with one attached hydrogen (secondary N) is 2. The molecule has 0 radical (unpaired) electrons. The van der Waals surface area contributed by atoms with Gasteiger partial charge in [-0.15, -0.1) is 0 Å². The van der Waals surface area contributed by atoms with Crippen molar-refractivity contribution < 1.29 is 26.4 Å². The number of rotatable bonds is 9. The van der Waals surface area contributed by atoms with Gasteiger partial charge in [-0.25, -0.2) is 13.1 Å². The van der Waals surface area contributed by atoms with Crippen LogP contribution in [-0.2, 0) is 29.2 Å². The van der Waals surface area contributed by atoms with Crippen molar-refractivity contribution in [3.63, 3.8) is 0 Å². The predicted octanol–water partition coefficient (Wildman–Crippen LogP) is 5.82. The molecule has 0 atom stereocenters. The Bertz CT molecular complexity index is 1520. The molecule has 4 rings (SSSR count). The van der Waals surface area contributed by atoms with Crippen LogP contribution in [0.15, 0.2) is 108 Å². The molecule has 0 fully saturated rings. The molecule has 0 aliphatic carbocycles. The Balaban J connectivity index is 1.53. The van der Waals surface area contributed by atoms with Gasteiger partial charge < -0.3 is 5.32 Å². The fraction of sp³-hybridized carbons (Fsp3) is 0.138. The monoisotopic (exact) mass is 538 g/mol. The van der Waals surface area contributed by atoms with E-state index in [1.54, 1.807) is 48.5 Å². The molecule has 0 aliphatic rings. The molecule has 0 saturated carbocycles. The zero-order chi connectivity index (χ0) is 27.2. The number of hydrogen-bond acceptors (Lipinski definition) is 3. The van der Waals surface area contributed by atoms with E-state index in [1.165, 1.54) is 0 Å². The van der Waals surface area contributed by atoms with Crippen molar-refractivity contribution in [1.82, 2.24) is 10.0 Å². The third-order valence-electron chi connectivity index (χ3n) is 5.95. The Kier molecular flexibility index (Phi) is 8.29. The Labute approximate surface area is 219 Å². The van der Waals surface area contributed by atoms with Crippen LogP contribution in [0.5, 0.6) is 0 Å². The van der Waals surface area contributed by atoms with Crippen molar-refractivity contribution in [2.24, 2.45) is 0 Å². The van der Waals surface area contributed by atoms with Crippen LogP contribution >= 0.6 is 0 Å². The molecule has 0 saturated heterocycles. The summed E-state index contributed by atoms with van der Waals surface area (Å²) in [5, 5.41) is 2.93. The number of hydrogen-bond donors (Lipinski definition) is 2. The first-order valence-electron chi connectivity index (χ1n) is 11.8. The Morgan fingerprint density at radius 2 is 1.42 bits per heavy atom. The van der Waals surface area contributed by atoms with Crippen LogP contribution in [0.2, 0.25) is 0 Å². The third kappa shape index (κ3) is 6.67. The normalized spacial score (nSPS) is 11.8. The minimum atomic E-state index is -4.66. The number of carbonyl (C=O) groups is 1. The van der Waals surface area contributed by atoms with E-state index in [-0.39, 0.29) is 12.5 Å². The minimum absolute atomic E-state index is 0.182. The van der Waals surface area contributed by atoms with E-state index >= 15 is 0 Å². The van der Waals surface area contributed by atoms with Crippen LogP contribution in [0.4, 0.5) is 13.2 Å². The maximum absolute atomic E-state index is 13.1. The zero-order valence-corrected chi connectivity index (χ0v) is 21.0. The largest absolute Gasteiger partial charge is 0.416 e. The van der Waals surface area contributed by atoms with Gasteiger partial charge in [0.15, 0.2) is 0 Å². The molecular formula is C29H25F3N2O3S. The van der Waals surface area contributed by atoms with E-state index in [4.69, 9.17) is 0 Å². The SMILES string of the molecule is O=C(NCCc1ccccc1)c1ccccc1-c1ccccc1CNS(=O)(=O)c1cccc(C(F)(F)F)c1. The summed E-state index contributed by atoms with van der Waals surface area (Å²) in [5.41, 5.74) is 2.28. The van der Waals surface area contributed by atoms with E-state index in [9.17, 15) is 26.4 Å². The molecule has 0 unspecified atom stereocenters. The number of amides is 1. The first kappa shape index (κ1) is 27.1. The van der Waals surface area contributed by atoms with E-state index in [2.05, 4.69) is 10.0 Å². The van der Waals surface area contributed by atoms with Gasteiger partial charge in [-0.05, 0) is 52.9 Å². The maximum atomic E-state index is 13.1. The lowest BCUT2D eigenvalue weighted by atomic mass is 9.95. The second kappa shape index (κ2) is 11.6. The molecular weight excluding hydrogens is 513 g/mol. The number of sulfonamides is 1. The third-order valence-corrected chi connectivity index (χ3v) is 7.34. The molecule has 0 bridgehead atoms. The van der Waals surface area contributed by atoms with E-state index in [0.29, 0.717) is 41.3 Å². The summed E-state index contributed by atoms with van der Waals surface area (Å²) in [7, 11) is -4.23. The lowest BCUT2D eigenvalue weighted by Gasteiger charge is -2.15. The quantitative estimate of drug-likeness (QED) is 0.282. The highest BCUT2D eigenvalue weighted by Crippen LogP contribution is 2.31. The second-order valence-corrected chi connectivity index (χ2v) is 10.3. The predicted molar refractivity (Wildman–Crippen MR) is 140 cm³/mol. The van der Waals surface area contributed by atoms with Crippen LogP contribution in [0.3, 0.4) is 0 Å². The maximum Gasteiger partial charge on any atom is 0.416 e. The summed E-state index contributed by atoms with van der Waals surface area (Å²) in [4.78, 5) is 12.6. The Morgan fingerprint density at radius 1 is 0.763 bits per heavy atom. The molecule has 9 heteroatoms. The number of halogens is 3. The topological polar surface area (TPSA) is 75.3 Å². The van der Waals surface area contributed by atoms with Gasteiger partial charge in [0.2, 0.25) is 10.0 Å². The van der Waals surface area contributed by atoms with Crippen molar-refractivity contribution in [1.29, 1.82) is 0 Å². The molecule has 5 nitrogen and oxygen atoms in total. The fourth-order valence-corrected chi connectivity index (χ4v) is 5.06. The first-order valence-corrected chi connectivity index (χ1v) is 13.3. The van der Waals surface area contributed by atoms with Crippen LogP contribution < -0.4 is 10.0 Å². The van der Waals surface area contributed by atoms with Crippen LogP contribution in [0.25, 0.3) is 11.1 Å². The lowest BCUT2D eigenvalue weighted by Crippen LogP contribution is -2.26. The van der Waals surface area contributed by atoms with Crippen LogP contribution in [0.1, 0.15) is 27.0 Å². The molecule has 38 heavy (non-hydrogen) atoms. The lowest BCUT2D eigenvalue weighted by molar-refractivity contribution is -0.137.